The van der Waals surface area contributed by atoms with Crippen molar-refractivity contribution in [2.24, 2.45) is 0 Å². The Morgan fingerprint density at radius 2 is 1.36 bits per heavy atom. The topological polar surface area (TPSA) is 52.5 Å². The van der Waals surface area contributed by atoms with Crippen LogP contribution in [0.5, 0.6) is 0 Å². The van der Waals surface area contributed by atoms with Crippen molar-refractivity contribution in [3.63, 3.8) is 0 Å². The minimum atomic E-state index is 0.490. The summed E-state index contributed by atoms with van der Waals surface area (Å²) in [4.78, 5) is 0. The first-order chi connectivity index (χ1) is 16.3. The molecule has 0 saturated heterocycles. The van der Waals surface area contributed by atoms with Gasteiger partial charge in [0.15, 0.2) is 0 Å². The lowest BCUT2D eigenvalue weighted by molar-refractivity contribution is 0.990. The van der Waals surface area contributed by atoms with E-state index in [1.54, 1.807) is 6.07 Å². The second kappa shape index (κ2) is 6.45. The van der Waals surface area contributed by atoms with Crippen LogP contribution in [-0.2, 0) is 6.42 Å². The van der Waals surface area contributed by atoms with Crippen LogP contribution in [0.1, 0.15) is 28.7 Å². The van der Waals surface area contributed by atoms with Crippen LogP contribution in [0.4, 0.5) is 0 Å². The van der Waals surface area contributed by atoms with Crippen molar-refractivity contribution in [3.05, 3.63) is 95.1 Å². The average molecular weight is 419 g/mol. The fraction of sp³-hybridized carbons (Fsp3) is 0.0667. The maximum absolute atomic E-state index is 9.56. The smallest absolute Gasteiger partial charge is 0.0992 e. The molecular weight excluding hydrogens is 402 g/mol. The summed E-state index contributed by atoms with van der Waals surface area (Å²) in [6.45, 7) is 0. The summed E-state index contributed by atoms with van der Waals surface area (Å²) in [5.41, 5.74) is 6.74. The highest BCUT2D eigenvalue weighted by Gasteiger charge is 2.22. The van der Waals surface area contributed by atoms with Gasteiger partial charge in [-0.05, 0) is 75.8 Å². The van der Waals surface area contributed by atoms with Gasteiger partial charge >= 0.3 is 0 Å². The summed E-state index contributed by atoms with van der Waals surface area (Å²) in [6.07, 6.45) is 6.73. The van der Waals surface area contributed by atoms with Gasteiger partial charge in [-0.25, -0.2) is 0 Å². The van der Waals surface area contributed by atoms with Crippen molar-refractivity contribution < 1.29 is 0 Å². The van der Waals surface area contributed by atoms with Gasteiger partial charge in [-0.15, -0.1) is 0 Å². The van der Waals surface area contributed by atoms with Gasteiger partial charge in [0.1, 0.15) is 0 Å². The second-order valence-electron chi connectivity index (χ2n) is 8.73. The molecule has 1 aliphatic rings. The Hall–Kier alpha value is -4.60. The lowest BCUT2D eigenvalue weighted by Gasteiger charge is -2.17. The van der Waals surface area contributed by atoms with E-state index < -0.39 is 0 Å². The van der Waals surface area contributed by atoms with E-state index in [-0.39, 0.29) is 0 Å². The van der Waals surface area contributed by atoms with Crippen LogP contribution in [0.25, 0.3) is 55.1 Å². The number of allylic oxidation sites excluding steroid dienone is 1. The maximum Gasteiger partial charge on any atom is 0.0992 e. The predicted octanol–water partition coefficient (Wildman–Crippen LogP) is 7.23. The molecule has 0 radical (unpaired) electrons. The summed E-state index contributed by atoms with van der Waals surface area (Å²) in [6, 6.07) is 27.3. The minimum Gasteiger partial charge on any atom is -0.309 e. The molecule has 0 N–H and O–H groups in total. The average Bonchev–Trinajstić information content (AvgIpc) is 3.22. The number of rotatable bonds is 1. The third-order valence-corrected chi connectivity index (χ3v) is 7.01. The summed E-state index contributed by atoms with van der Waals surface area (Å²) in [5.74, 6) is 0. The van der Waals surface area contributed by atoms with Gasteiger partial charge in [0.25, 0.3) is 0 Å². The van der Waals surface area contributed by atoms with Gasteiger partial charge in [0.05, 0.1) is 34.3 Å². The van der Waals surface area contributed by atoms with E-state index in [1.807, 2.05) is 12.1 Å². The third kappa shape index (κ3) is 2.31. The number of nitrogens with zero attached hydrogens (tertiary/aromatic N) is 3. The predicted molar refractivity (Wildman–Crippen MR) is 134 cm³/mol. The Balaban J connectivity index is 1.74. The van der Waals surface area contributed by atoms with Crippen LogP contribution in [0.2, 0.25) is 0 Å². The van der Waals surface area contributed by atoms with E-state index in [2.05, 4.69) is 77.4 Å². The number of benzene rings is 5. The fourth-order valence-corrected chi connectivity index (χ4v) is 5.71. The zero-order valence-corrected chi connectivity index (χ0v) is 17.8. The van der Waals surface area contributed by atoms with Crippen LogP contribution in [0.15, 0.2) is 72.8 Å². The van der Waals surface area contributed by atoms with Crippen molar-refractivity contribution in [2.45, 2.75) is 12.8 Å². The van der Waals surface area contributed by atoms with Crippen LogP contribution < -0.4 is 0 Å². The molecule has 1 heterocycles. The highest BCUT2D eigenvalue weighted by molar-refractivity contribution is 6.35. The van der Waals surface area contributed by atoms with Crippen LogP contribution in [0, 0.1) is 22.7 Å². The molecule has 1 aromatic heterocycles. The molecule has 0 atom stereocenters. The standard InChI is InChI=1S/C30H17N3/c31-16-18-13-19(17-32)15-21(14-18)33-26-9-3-7-23-24-12-11-20-5-1-2-6-22(20)28(24)25-8-4-10-27(33)30(25)29(23)26/h2-4,6-15H,1,5H2. The highest BCUT2D eigenvalue weighted by atomic mass is 15.0. The molecule has 6 aromatic rings. The normalized spacial score (nSPS) is 13.0. The highest BCUT2D eigenvalue weighted by Crippen LogP contribution is 2.45. The molecule has 0 spiro atoms. The summed E-state index contributed by atoms with van der Waals surface area (Å²) < 4.78 is 2.20. The van der Waals surface area contributed by atoms with Crippen LogP contribution in [-0.4, -0.2) is 4.57 Å². The first-order valence-electron chi connectivity index (χ1n) is 11.1. The SMILES string of the molecule is N#Cc1cc(C#N)cc(-n2c3cccc4c5ccc6c(c5c5cccc2c5c43)C=CCC6)c1. The number of hydrogen-bond donors (Lipinski definition) is 0. The molecule has 5 aromatic carbocycles. The molecule has 7 rings (SSSR count). The second-order valence-corrected chi connectivity index (χ2v) is 8.73. The third-order valence-electron chi connectivity index (χ3n) is 7.01. The Labute approximate surface area is 190 Å². The summed E-state index contributed by atoms with van der Waals surface area (Å²) in [5, 5.41) is 26.7. The number of nitriles is 2. The lowest BCUT2D eigenvalue weighted by atomic mass is 9.87. The van der Waals surface area contributed by atoms with Crippen molar-refractivity contribution in [1.82, 2.24) is 4.57 Å². The van der Waals surface area contributed by atoms with E-state index in [9.17, 15) is 10.5 Å². The Morgan fingerprint density at radius 3 is 2.09 bits per heavy atom. The van der Waals surface area contributed by atoms with Crippen molar-refractivity contribution in [1.29, 1.82) is 10.5 Å². The molecular formula is C30H17N3. The van der Waals surface area contributed by atoms with Crippen molar-refractivity contribution >= 4 is 49.4 Å². The van der Waals surface area contributed by atoms with E-state index in [4.69, 9.17) is 0 Å². The largest absolute Gasteiger partial charge is 0.309 e. The monoisotopic (exact) mass is 419 g/mol. The van der Waals surface area contributed by atoms with E-state index in [0.29, 0.717) is 11.1 Å². The molecule has 0 saturated carbocycles. The first kappa shape index (κ1) is 18.0. The van der Waals surface area contributed by atoms with Gasteiger partial charge in [-0.2, -0.15) is 10.5 Å². The minimum absolute atomic E-state index is 0.490. The zero-order chi connectivity index (χ0) is 22.1. The number of aromatic nitrogens is 1. The molecule has 3 nitrogen and oxygen atoms in total. The molecule has 0 bridgehead atoms. The Kier molecular flexibility index (Phi) is 3.52. The molecule has 0 aliphatic heterocycles. The van der Waals surface area contributed by atoms with Crippen LogP contribution in [0.3, 0.4) is 0 Å². The first-order valence-corrected chi connectivity index (χ1v) is 11.1. The molecule has 1 aliphatic carbocycles. The van der Waals surface area contributed by atoms with Crippen molar-refractivity contribution in [3.8, 4) is 17.8 Å². The van der Waals surface area contributed by atoms with Crippen molar-refractivity contribution in [2.75, 3.05) is 0 Å². The lowest BCUT2D eigenvalue weighted by Crippen LogP contribution is -1.96. The van der Waals surface area contributed by atoms with Gasteiger partial charge in [0.2, 0.25) is 0 Å². The van der Waals surface area contributed by atoms with Gasteiger partial charge in [0, 0.05) is 16.5 Å². The molecule has 0 unspecified atom stereocenters. The number of aryl methyl sites for hydroxylation is 1. The maximum atomic E-state index is 9.56. The molecule has 3 heteroatoms. The number of fused-ring (bicyclic) bond motifs is 5. The van der Waals surface area contributed by atoms with E-state index in [0.717, 1.165) is 29.6 Å². The zero-order valence-electron chi connectivity index (χ0n) is 17.8. The van der Waals surface area contributed by atoms with Crippen LogP contribution >= 0.6 is 0 Å². The molecule has 0 amide bonds. The summed E-state index contributed by atoms with van der Waals surface area (Å²) in [7, 11) is 0. The summed E-state index contributed by atoms with van der Waals surface area (Å²) >= 11 is 0. The van der Waals surface area contributed by atoms with Gasteiger partial charge in [-0.1, -0.05) is 48.6 Å². The molecule has 33 heavy (non-hydrogen) atoms. The number of hydrogen-bond acceptors (Lipinski definition) is 2. The fourth-order valence-electron chi connectivity index (χ4n) is 5.71. The van der Waals surface area contributed by atoms with E-state index >= 15 is 0 Å². The quantitative estimate of drug-likeness (QED) is 0.264. The van der Waals surface area contributed by atoms with Gasteiger partial charge < -0.3 is 4.57 Å². The van der Waals surface area contributed by atoms with E-state index in [1.165, 1.54) is 43.4 Å². The van der Waals surface area contributed by atoms with Gasteiger partial charge in [-0.3, -0.25) is 0 Å². The Bertz CT molecular complexity index is 1850. The molecule has 0 fully saturated rings. The molecule has 152 valence electrons. The Morgan fingerprint density at radius 1 is 0.697 bits per heavy atom.